The number of hydrogen-bond donors (Lipinski definition) is 1. The average Bonchev–Trinajstić information content (AvgIpc) is 3.38. The van der Waals surface area contributed by atoms with Crippen molar-refractivity contribution in [3.63, 3.8) is 0 Å². The Morgan fingerprint density at radius 3 is 2.52 bits per heavy atom. The molecule has 0 aromatic carbocycles. The second-order valence-electron chi connectivity index (χ2n) is 8.93. The number of anilines is 1. The number of aromatic nitrogens is 3. The third kappa shape index (κ3) is 3.63. The van der Waals surface area contributed by atoms with Gasteiger partial charge >= 0.3 is 0 Å². The smallest absolute Gasteiger partial charge is 0.252 e. The fourth-order valence-corrected chi connectivity index (χ4v) is 4.82. The van der Waals surface area contributed by atoms with Gasteiger partial charge in [-0.3, -0.25) is 14.2 Å². The highest BCUT2D eigenvalue weighted by molar-refractivity contribution is 5.80. The van der Waals surface area contributed by atoms with Crippen LogP contribution >= 0.6 is 0 Å². The van der Waals surface area contributed by atoms with Crippen LogP contribution in [0.25, 0.3) is 11.0 Å². The molecule has 1 amide bonds. The molecule has 0 spiro atoms. The van der Waals surface area contributed by atoms with Crippen LogP contribution in [0.15, 0.2) is 17.1 Å². The van der Waals surface area contributed by atoms with E-state index in [1.165, 1.54) is 12.8 Å². The van der Waals surface area contributed by atoms with Crippen molar-refractivity contribution in [2.75, 3.05) is 18.0 Å². The van der Waals surface area contributed by atoms with Crippen LogP contribution < -0.4 is 15.8 Å². The molecule has 29 heavy (non-hydrogen) atoms. The Morgan fingerprint density at radius 2 is 1.83 bits per heavy atom. The second-order valence-corrected chi connectivity index (χ2v) is 8.93. The highest BCUT2D eigenvalue weighted by Crippen LogP contribution is 2.31. The van der Waals surface area contributed by atoms with E-state index in [9.17, 15) is 9.59 Å². The molecule has 1 aliphatic heterocycles. The highest BCUT2D eigenvalue weighted by Gasteiger charge is 2.31. The third-order valence-corrected chi connectivity index (χ3v) is 6.75. The number of carbonyl (C=O) groups is 1. The molecule has 2 aromatic rings. The molecule has 0 radical (unpaired) electrons. The van der Waals surface area contributed by atoms with Crippen molar-refractivity contribution >= 4 is 22.9 Å². The first-order chi connectivity index (χ1) is 14.1. The summed E-state index contributed by atoms with van der Waals surface area (Å²) < 4.78 is 1.90. The number of hydrogen-bond acceptors (Lipinski definition) is 5. The van der Waals surface area contributed by atoms with Crippen molar-refractivity contribution < 1.29 is 4.79 Å². The van der Waals surface area contributed by atoms with E-state index in [2.05, 4.69) is 15.2 Å². The maximum atomic E-state index is 12.8. The summed E-state index contributed by atoms with van der Waals surface area (Å²) in [6.45, 7) is 3.50. The van der Waals surface area contributed by atoms with Gasteiger partial charge < -0.3 is 10.2 Å². The van der Waals surface area contributed by atoms with E-state index in [1.54, 1.807) is 6.07 Å². The van der Waals surface area contributed by atoms with Gasteiger partial charge in [-0.1, -0.05) is 12.8 Å². The van der Waals surface area contributed by atoms with Crippen LogP contribution in [0.5, 0.6) is 0 Å². The number of piperidine rings is 1. The minimum atomic E-state index is 0.0435. The number of nitrogens with zero attached hydrogens (tertiary/aromatic N) is 4. The van der Waals surface area contributed by atoms with E-state index >= 15 is 0 Å². The van der Waals surface area contributed by atoms with E-state index in [4.69, 9.17) is 4.98 Å². The highest BCUT2D eigenvalue weighted by atomic mass is 16.2. The molecule has 5 rings (SSSR count). The zero-order valence-corrected chi connectivity index (χ0v) is 17.1. The van der Waals surface area contributed by atoms with Gasteiger partial charge in [0.25, 0.3) is 5.56 Å². The fraction of sp³-hybridized carbons (Fsp3) is 0.636. The lowest BCUT2D eigenvalue weighted by molar-refractivity contribution is -0.125. The van der Waals surface area contributed by atoms with E-state index in [1.807, 2.05) is 17.7 Å². The van der Waals surface area contributed by atoms with Crippen LogP contribution in [0.3, 0.4) is 0 Å². The van der Waals surface area contributed by atoms with Crippen LogP contribution in [-0.4, -0.2) is 39.6 Å². The molecule has 154 valence electrons. The molecule has 1 saturated heterocycles. The van der Waals surface area contributed by atoms with E-state index in [-0.39, 0.29) is 23.4 Å². The second kappa shape index (κ2) is 7.43. The first-order valence-corrected chi connectivity index (χ1v) is 11.0. The van der Waals surface area contributed by atoms with Gasteiger partial charge in [-0.2, -0.15) is 4.98 Å². The molecular weight excluding hydrogens is 366 g/mol. The molecule has 3 heterocycles. The first kappa shape index (κ1) is 18.6. The number of amides is 1. The number of aryl methyl sites for hydroxylation is 1. The Kier molecular flexibility index (Phi) is 4.76. The van der Waals surface area contributed by atoms with Gasteiger partial charge in [0, 0.05) is 48.7 Å². The summed E-state index contributed by atoms with van der Waals surface area (Å²) in [7, 11) is 0. The van der Waals surface area contributed by atoms with Crippen molar-refractivity contribution in [3.8, 4) is 0 Å². The minimum Gasteiger partial charge on any atom is -0.353 e. The summed E-state index contributed by atoms with van der Waals surface area (Å²) in [6, 6.07) is 2.37. The Morgan fingerprint density at radius 1 is 1.10 bits per heavy atom. The van der Waals surface area contributed by atoms with Crippen molar-refractivity contribution in [2.45, 2.75) is 70.4 Å². The number of pyridine rings is 1. The molecule has 3 fully saturated rings. The summed E-state index contributed by atoms with van der Waals surface area (Å²) in [5.41, 5.74) is 1.74. The zero-order chi connectivity index (χ0) is 20.0. The topological polar surface area (TPSA) is 80.1 Å². The molecule has 7 nitrogen and oxygen atoms in total. The van der Waals surface area contributed by atoms with Gasteiger partial charge in [0.2, 0.25) is 11.9 Å². The lowest BCUT2D eigenvalue weighted by atomic mass is 9.96. The summed E-state index contributed by atoms with van der Waals surface area (Å²) in [5.74, 6) is 0.971. The average molecular weight is 396 g/mol. The van der Waals surface area contributed by atoms with E-state index < -0.39 is 0 Å². The summed E-state index contributed by atoms with van der Waals surface area (Å²) in [6.07, 6.45) is 10.2. The molecule has 7 heteroatoms. The Balaban J connectivity index is 1.40. The standard InChI is InChI=1S/C22H29N5O2/c1-14-12-19(28)27(17-4-2-3-5-17)20-18(14)13-23-22(25-20)26-10-8-15(9-11-26)21(29)24-16-6-7-16/h12-13,15-17H,2-11H2,1H3,(H,24,29). The maximum absolute atomic E-state index is 12.8. The minimum absolute atomic E-state index is 0.0435. The molecule has 2 aromatic heterocycles. The largest absolute Gasteiger partial charge is 0.353 e. The number of fused-ring (bicyclic) bond motifs is 1. The van der Waals surface area contributed by atoms with Gasteiger partial charge in [-0.25, -0.2) is 4.98 Å². The van der Waals surface area contributed by atoms with Crippen molar-refractivity contribution in [1.29, 1.82) is 0 Å². The molecule has 2 saturated carbocycles. The Bertz CT molecular complexity index is 983. The van der Waals surface area contributed by atoms with Crippen molar-refractivity contribution in [1.82, 2.24) is 19.9 Å². The third-order valence-electron chi connectivity index (χ3n) is 6.75. The van der Waals surface area contributed by atoms with Crippen molar-refractivity contribution in [2.24, 2.45) is 5.92 Å². The van der Waals surface area contributed by atoms with Gasteiger partial charge in [-0.05, 0) is 51.0 Å². The number of carbonyl (C=O) groups excluding carboxylic acids is 1. The lowest BCUT2D eigenvalue weighted by Crippen LogP contribution is -2.41. The molecule has 0 atom stereocenters. The SMILES string of the molecule is Cc1cc(=O)n(C2CCCC2)c2nc(N3CCC(C(=O)NC4CC4)CC3)ncc12. The zero-order valence-electron chi connectivity index (χ0n) is 17.1. The van der Waals surface area contributed by atoms with Crippen LogP contribution in [0.4, 0.5) is 5.95 Å². The molecule has 0 unspecified atom stereocenters. The maximum Gasteiger partial charge on any atom is 0.252 e. The Hall–Kier alpha value is -2.44. The molecule has 0 bridgehead atoms. The normalized spacial score (nSPS) is 21.1. The summed E-state index contributed by atoms with van der Waals surface area (Å²) >= 11 is 0. The molecule has 2 aliphatic carbocycles. The predicted molar refractivity (Wildman–Crippen MR) is 112 cm³/mol. The first-order valence-electron chi connectivity index (χ1n) is 11.0. The van der Waals surface area contributed by atoms with Gasteiger partial charge in [0.05, 0.1) is 0 Å². The van der Waals surface area contributed by atoms with E-state index in [0.29, 0.717) is 12.0 Å². The van der Waals surface area contributed by atoms with Gasteiger partial charge in [0.1, 0.15) is 5.65 Å². The van der Waals surface area contributed by atoms with Gasteiger partial charge in [-0.15, -0.1) is 0 Å². The summed E-state index contributed by atoms with van der Waals surface area (Å²) in [4.78, 5) is 36.8. The number of rotatable bonds is 4. The van der Waals surface area contributed by atoms with Crippen LogP contribution in [-0.2, 0) is 4.79 Å². The fourth-order valence-electron chi connectivity index (χ4n) is 4.82. The molecule has 1 N–H and O–H groups in total. The quantitative estimate of drug-likeness (QED) is 0.861. The van der Waals surface area contributed by atoms with Crippen LogP contribution in [0.2, 0.25) is 0 Å². The number of nitrogens with one attached hydrogen (secondary N) is 1. The van der Waals surface area contributed by atoms with E-state index in [0.717, 1.165) is 68.2 Å². The summed E-state index contributed by atoms with van der Waals surface area (Å²) in [5, 5.41) is 4.08. The van der Waals surface area contributed by atoms with Crippen LogP contribution in [0, 0.1) is 12.8 Å². The molecular formula is C22H29N5O2. The lowest BCUT2D eigenvalue weighted by Gasteiger charge is -2.31. The Labute approximate surface area is 170 Å². The van der Waals surface area contributed by atoms with Crippen molar-refractivity contribution in [3.05, 3.63) is 28.2 Å². The van der Waals surface area contributed by atoms with Crippen LogP contribution in [0.1, 0.15) is 63.0 Å². The van der Waals surface area contributed by atoms with Gasteiger partial charge in [0.15, 0.2) is 0 Å². The molecule has 3 aliphatic rings. The monoisotopic (exact) mass is 395 g/mol. The predicted octanol–water partition coefficient (Wildman–Crippen LogP) is 2.71.